The molecule has 0 saturated carbocycles. The first-order valence-corrected chi connectivity index (χ1v) is 17.3. The summed E-state index contributed by atoms with van der Waals surface area (Å²) in [6.45, 7) is 3.93. The molecule has 0 amide bonds. The second kappa shape index (κ2) is 16.6. The van der Waals surface area contributed by atoms with Crippen LogP contribution in [0.3, 0.4) is 0 Å². The lowest BCUT2D eigenvalue weighted by Gasteiger charge is -2.08. The Bertz CT molecular complexity index is 1700. The van der Waals surface area contributed by atoms with Crippen molar-refractivity contribution in [3.63, 3.8) is 0 Å². The quantitative estimate of drug-likeness (QED) is 0.106. The first-order chi connectivity index (χ1) is 23.5. The summed E-state index contributed by atoms with van der Waals surface area (Å²) in [6.07, 6.45) is 5.44. The highest BCUT2D eigenvalue weighted by molar-refractivity contribution is 5.96. The maximum absolute atomic E-state index is 6.19. The predicted octanol–water partition coefficient (Wildman–Crippen LogP) is 1.54. The molecule has 2 aliphatic rings. The Kier molecular flexibility index (Phi) is 12.3. The van der Waals surface area contributed by atoms with E-state index in [1.54, 1.807) is 0 Å². The summed E-state index contributed by atoms with van der Waals surface area (Å²) in [4.78, 5) is 18.0. The van der Waals surface area contributed by atoms with Gasteiger partial charge in [-0.15, -0.1) is 0 Å². The van der Waals surface area contributed by atoms with E-state index in [-0.39, 0.29) is 0 Å². The van der Waals surface area contributed by atoms with Gasteiger partial charge >= 0.3 is 0 Å². The minimum absolute atomic E-state index is 0.482. The Morgan fingerprint density at radius 1 is 0.333 bits per heavy atom. The summed E-state index contributed by atoms with van der Waals surface area (Å²) in [5.41, 5.74) is 65.8. The molecule has 8 bridgehead atoms. The first kappa shape index (κ1) is 35.6. The van der Waals surface area contributed by atoms with Crippen molar-refractivity contribution in [3.05, 3.63) is 69.3 Å². The van der Waals surface area contributed by atoms with Crippen LogP contribution in [-0.2, 0) is 25.7 Å². The van der Waals surface area contributed by atoms with Gasteiger partial charge in [-0.3, -0.25) is 0 Å². The zero-order chi connectivity index (χ0) is 34.2. The lowest BCUT2D eigenvalue weighted by molar-refractivity contribution is 0.922. The molecule has 0 unspecified atom stereocenters. The van der Waals surface area contributed by atoms with Crippen molar-refractivity contribution >= 4 is 44.4 Å². The van der Waals surface area contributed by atoms with Gasteiger partial charge in [-0.1, -0.05) is 0 Å². The van der Waals surface area contributed by atoms with E-state index >= 15 is 0 Å². The van der Waals surface area contributed by atoms with Crippen LogP contribution >= 0.6 is 0 Å². The molecule has 5 heterocycles. The predicted molar refractivity (Wildman–Crippen MR) is 200 cm³/mol. The van der Waals surface area contributed by atoms with Crippen LogP contribution in [0, 0.1) is 0 Å². The third-order valence-electron chi connectivity index (χ3n) is 9.29. The SMILES string of the molecule is NCCC1=C(CCN)c2cc3[nH]c(cc4[nH]c(cc5nc(cc1n2)C(CCN)=C5CCN)c(CCN)c4CCN)c(CCN)c3CCN. The lowest BCUT2D eigenvalue weighted by atomic mass is 9.96. The highest BCUT2D eigenvalue weighted by atomic mass is 14.8. The van der Waals surface area contributed by atoms with E-state index in [0.717, 1.165) is 89.4 Å². The van der Waals surface area contributed by atoms with E-state index in [9.17, 15) is 0 Å². The molecule has 0 atom stereocenters. The van der Waals surface area contributed by atoms with Crippen molar-refractivity contribution in [3.8, 4) is 0 Å². The van der Waals surface area contributed by atoms with Crippen molar-refractivity contribution in [2.75, 3.05) is 52.4 Å². The molecule has 12 nitrogen and oxygen atoms in total. The van der Waals surface area contributed by atoms with E-state index in [2.05, 4.69) is 34.2 Å². The molecule has 258 valence electrons. The Morgan fingerprint density at radius 3 is 0.854 bits per heavy atom. The highest BCUT2D eigenvalue weighted by Gasteiger charge is 2.24. The van der Waals surface area contributed by atoms with Gasteiger partial charge in [-0.05, 0) is 173 Å². The number of hydrogen-bond acceptors (Lipinski definition) is 10. The molecule has 48 heavy (non-hydrogen) atoms. The number of nitrogens with one attached hydrogen (secondary N) is 2. The average Bonchev–Trinajstić information content (AvgIpc) is 3.75. The molecule has 0 spiro atoms. The van der Waals surface area contributed by atoms with Crippen LogP contribution in [0.4, 0.5) is 0 Å². The topological polar surface area (TPSA) is 266 Å². The third kappa shape index (κ3) is 7.16. The van der Waals surface area contributed by atoms with Gasteiger partial charge in [-0.2, -0.15) is 0 Å². The van der Waals surface area contributed by atoms with Gasteiger partial charge in [0.2, 0.25) is 0 Å². The summed E-state index contributed by atoms with van der Waals surface area (Å²) in [7, 11) is 0. The second-order valence-electron chi connectivity index (χ2n) is 12.4. The van der Waals surface area contributed by atoms with Gasteiger partial charge in [0.1, 0.15) is 0 Å². The third-order valence-corrected chi connectivity index (χ3v) is 9.29. The normalized spacial score (nSPS) is 13.3. The van der Waals surface area contributed by atoms with Crippen molar-refractivity contribution in [2.24, 2.45) is 45.9 Å². The minimum Gasteiger partial charge on any atom is -0.355 e. The smallest absolute Gasteiger partial charge is 0.0694 e. The van der Waals surface area contributed by atoms with Crippen LogP contribution in [0.15, 0.2) is 24.3 Å². The number of nitrogens with two attached hydrogens (primary N) is 8. The maximum Gasteiger partial charge on any atom is 0.0694 e. The first-order valence-electron chi connectivity index (χ1n) is 17.3. The number of rotatable bonds is 16. The molecule has 3 aromatic rings. The Labute approximate surface area is 282 Å². The summed E-state index contributed by atoms with van der Waals surface area (Å²) >= 11 is 0. The van der Waals surface area contributed by atoms with Gasteiger partial charge in [0.05, 0.1) is 22.8 Å². The van der Waals surface area contributed by atoms with Crippen LogP contribution in [0.2, 0.25) is 0 Å². The molecule has 2 aliphatic heterocycles. The number of fused-ring (bicyclic) bond motifs is 8. The fourth-order valence-electron chi connectivity index (χ4n) is 7.32. The van der Waals surface area contributed by atoms with Crippen LogP contribution in [0.1, 0.15) is 70.7 Å². The number of hydrogen-bond donors (Lipinski definition) is 10. The van der Waals surface area contributed by atoms with Gasteiger partial charge in [-0.25, -0.2) is 9.97 Å². The molecule has 3 aromatic heterocycles. The van der Waals surface area contributed by atoms with Gasteiger partial charge in [0.15, 0.2) is 0 Å². The van der Waals surface area contributed by atoms with E-state index in [4.69, 9.17) is 55.8 Å². The fraction of sp³-hybridized carbons (Fsp3) is 0.444. The van der Waals surface area contributed by atoms with Crippen LogP contribution < -0.4 is 45.9 Å². The molecule has 18 N–H and O–H groups in total. The molecule has 0 aromatic carbocycles. The lowest BCUT2D eigenvalue weighted by Crippen LogP contribution is -2.08. The monoisotopic (exact) mass is 654 g/mol. The highest BCUT2D eigenvalue weighted by Crippen LogP contribution is 2.39. The Hall–Kier alpha value is -3.72. The summed E-state index contributed by atoms with van der Waals surface area (Å²) in [5.74, 6) is 0. The number of aromatic nitrogens is 4. The molecular formula is C36H54N12. The van der Waals surface area contributed by atoms with E-state index < -0.39 is 0 Å². The zero-order valence-corrected chi connectivity index (χ0v) is 28.1. The van der Waals surface area contributed by atoms with Gasteiger partial charge in [0, 0.05) is 22.1 Å². The van der Waals surface area contributed by atoms with E-state index in [0.29, 0.717) is 104 Å². The van der Waals surface area contributed by atoms with Gasteiger partial charge < -0.3 is 55.8 Å². The number of H-pyrrole nitrogens is 2. The molecule has 12 heteroatoms. The van der Waals surface area contributed by atoms with Crippen molar-refractivity contribution in [1.82, 2.24) is 19.9 Å². The molecule has 5 rings (SSSR count). The largest absolute Gasteiger partial charge is 0.355 e. The van der Waals surface area contributed by atoms with E-state index in [1.807, 2.05) is 0 Å². The Balaban J connectivity index is 2.03. The zero-order valence-electron chi connectivity index (χ0n) is 28.1. The summed E-state index contributed by atoms with van der Waals surface area (Å²) in [6, 6.07) is 8.54. The maximum atomic E-state index is 6.19. The number of nitrogens with zero attached hydrogens (tertiary/aromatic N) is 2. The molecule has 0 aliphatic carbocycles. The fourth-order valence-corrected chi connectivity index (χ4v) is 7.32. The van der Waals surface area contributed by atoms with Gasteiger partial charge in [0.25, 0.3) is 0 Å². The summed E-state index contributed by atoms with van der Waals surface area (Å²) < 4.78 is 0. The van der Waals surface area contributed by atoms with Crippen LogP contribution in [0.5, 0.6) is 0 Å². The van der Waals surface area contributed by atoms with Crippen molar-refractivity contribution in [2.45, 2.75) is 51.4 Å². The van der Waals surface area contributed by atoms with Crippen LogP contribution in [0.25, 0.3) is 44.4 Å². The standard InChI is InChI=1S/C36H54N12/c37-9-1-21-22(2-10-38)30-18-32-25(5-13-41)26(6-14-42)34(47-32)20-36-28(8-16-44)27(7-15-43)35(48-36)19-33-24(4-12-40)23(3-11-39)31(46-33)17-29(21)45-30/h17-20,45-46H,1-16,37-44H2. The molecule has 0 saturated heterocycles. The van der Waals surface area contributed by atoms with Crippen molar-refractivity contribution < 1.29 is 0 Å². The molecule has 0 radical (unpaired) electrons. The molecule has 0 fully saturated rings. The van der Waals surface area contributed by atoms with E-state index in [1.165, 1.54) is 0 Å². The number of aromatic amines is 2. The van der Waals surface area contributed by atoms with Crippen LogP contribution in [-0.4, -0.2) is 72.3 Å². The minimum atomic E-state index is 0.482. The summed E-state index contributed by atoms with van der Waals surface area (Å²) in [5, 5.41) is 0. The van der Waals surface area contributed by atoms with Crippen molar-refractivity contribution in [1.29, 1.82) is 0 Å². The average molecular weight is 655 g/mol. The Morgan fingerprint density at radius 2 is 0.583 bits per heavy atom. The molecular weight excluding hydrogens is 600 g/mol. The second-order valence-corrected chi connectivity index (χ2v) is 12.4.